The van der Waals surface area contributed by atoms with E-state index in [2.05, 4.69) is 17.6 Å². The molecule has 0 aliphatic heterocycles. The number of benzene rings is 2. The number of aryl methyl sites for hydroxylation is 1. The number of nitrogens with one attached hydrogen (secondary N) is 2. The van der Waals surface area contributed by atoms with E-state index >= 15 is 0 Å². The van der Waals surface area contributed by atoms with Gasteiger partial charge in [-0.05, 0) is 55.7 Å². The molecule has 0 fully saturated rings. The van der Waals surface area contributed by atoms with Crippen molar-refractivity contribution in [1.82, 2.24) is 5.32 Å². The van der Waals surface area contributed by atoms with Crippen LogP contribution in [0.1, 0.15) is 48.3 Å². The van der Waals surface area contributed by atoms with Gasteiger partial charge in [-0.3, -0.25) is 9.59 Å². The Kier molecular flexibility index (Phi) is 7.11. The smallest absolute Gasteiger partial charge is 0.338 e. The second-order valence-electron chi connectivity index (χ2n) is 6.04. The minimum absolute atomic E-state index is 0.289. The highest BCUT2D eigenvalue weighted by atomic mass is 16.5. The van der Waals surface area contributed by atoms with Crippen LogP contribution in [0.2, 0.25) is 0 Å². The fraction of sp³-hybridized carbons (Fsp3) is 0.286. The SMILES string of the molecule is CCOC(=O)c1ccc(NC(=O)C(=O)NC(C)c2ccc(CC)cc2)cc1. The molecule has 2 aromatic rings. The summed E-state index contributed by atoms with van der Waals surface area (Å²) in [6, 6.07) is 13.7. The summed E-state index contributed by atoms with van der Waals surface area (Å²) in [5.74, 6) is -1.93. The Morgan fingerprint density at radius 2 is 1.56 bits per heavy atom. The molecule has 0 saturated carbocycles. The van der Waals surface area contributed by atoms with Gasteiger partial charge in [0, 0.05) is 5.69 Å². The first-order valence-corrected chi connectivity index (χ1v) is 8.92. The third kappa shape index (κ3) is 5.67. The minimum atomic E-state index is -0.768. The van der Waals surface area contributed by atoms with Gasteiger partial charge in [-0.2, -0.15) is 0 Å². The number of hydrogen-bond acceptors (Lipinski definition) is 4. The molecule has 0 radical (unpaired) electrons. The van der Waals surface area contributed by atoms with Gasteiger partial charge in [0.2, 0.25) is 0 Å². The Morgan fingerprint density at radius 1 is 0.926 bits per heavy atom. The van der Waals surface area contributed by atoms with Crippen molar-refractivity contribution in [3.05, 3.63) is 65.2 Å². The van der Waals surface area contributed by atoms with Gasteiger partial charge in [-0.1, -0.05) is 31.2 Å². The summed E-state index contributed by atoms with van der Waals surface area (Å²) >= 11 is 0. The molecule has 2 amide bonds. The average molecular weight is 368 g/mol. The van der Waals surface area contributed by atoms with Crippen molar-refractivity contribution in [2.24, 2.45) is 0 Å². The summed E-state index contributed by atoms with van der Waals surface area (Å²) in [6.07, 6.45) is 0.943. The van der Waals surface area contributed by atoms with E-state index in [0.29, 0.717) is 11.3 Å². The van der Waals surface area contributed by atoms with E-state index in [1.807, 2.05) is 31.2 Å². The highest BCUT2D eigenvalue weighted by Crippen LogP contribution is 2.14. The molecule has 0 heterocycles. The van der Waals surface area contributed by atoms with E-state index in [4.69, 9.17) is 4.74 Å². The molecule has 0 aromatic heterocycles. The maximum absolute atomic E-state index is 12.1. The van der Waals surface area contributed by atoms with Gasteiger partial charge in [-0.25, -0.2) is 4.79 Å². The number of esters is 1. The summed E-state index contributed by atoms with van der Waals surface area (Å²) in [5.41, 5.74) is 2.93. The minimum Gasteiger partial charge on any atom is -0.462 e. The summed E-state index contributed by atoms with van der Waals surface area (Å²) in [6.45, 7) is 5.91. The monoisotopic (exact) mass is 368 g/mol. The molecule has 6 nitrogen and oxygen atoms in total. The average Bonchev–Trinajstić information content (AvgIpc) is 2.68. The predicted octanol–water partition coefficient (Wildman–Crippen LogP) is 3.24. The van der Waals surface area contributed by atoms with Gasteiger partial charge in [0.05, 0.1) is 18.2 Å². The normalized spacial score (nSPS) is 11.4. The topological polar surface area (TPSA) is 84.5 Å². The lowest BCUT2D eigenvalue weighted by molar-refractivity contribution is -0.136. The number of carbonyl (C=O) groups excluding carboxylic acids is 3. The first-order chi connectivity index (χ1) is 12.9. The lowest BCUT2D eigenvalue weighted by atomic mass is 10.1. The van der Waals surface area contributed by atoms with E-state index < -0.39 is 17.8 Å². The van der Waals surface area contributed by atoms with E-state index in [-0.39, 0.29) is 12.6 Å². The van der Waals surface area contributed by atoms with E-state index in [1.165, 1.54) is 17.7 Å². The number of hydrogen-bond donors (Lipinski definition) is 2. The first-order valence-electron chi connectivity index (χ1n) is 8.92. The zero-order valence-corrected chi connectivity index (χ0v) is 15.7. The van der Waals surface area contributed by atoms with Crippen LogP contribution < -0.4 is 10.6 Å². The molecule has 0 aliphatic rings. The fourth-order valence-corrected chi connectivity index (χ4v) is 2.48. The number of anilines is 1. The van der Waals surface area contributed by atoms with Crippen molar-refractivity contribution < 1.29 is 19.1 Å². The third-order valence-corrected chi connectivity index (χ3v) is 4.10. The van der Waals surface area contributed by atoms with Crippen LogP contribution in [0.15, 0.2) is 48.5 Å². The highest BCUT2D eigenvalue weighted by Gasteiger charge is 2.17. The molecule has 1 unspecified atom stereocenters. The van der Waals surface area contributed by atoms with E-state index in [9.17, 15) is 14.4 Å². The van der Waals surface area contributed by atoms with Crippen molar-refractivity contribution in [2.45, 2.75) is 33.2 Å². The number of amides is 2. The number of ether oxygens (including phenoxy) is 1. The fourth-order valence-electron chi connectivity index (χ4n) is 2.48. The summed E-state index contributed by atoms with van der Waals surface area (Å²) in [7, 11) is 0. The molecule has 2 aromatic carbocycles. The largest absolute Gasteiger partial charge is 0.462 e. The molecule has 2 rings (SSSR count). The summed E-state index contributed by atoms with van der Waals surface area (Å²) in [4.78, 5) is 35.8. The van der Waals surface area contributed by atoms with Crippen LogP contribution in [-0.2, 0) is 20.7 Å². The molecule has 0 aliphatic carbocycles. The molecule has 142 valence electrons. The van der Waals surface area contributed by atoms with Crippen LogP contribution in [0.4, 0.5) is 5.69 Å². The number of carbonyl (C=O) groups is 3. The number of rotatable bonds is 6. The molecule has 0 saturated heterocycles. The lowest BCUT2D eigenvalue weighted by Crippen LogP contribution is -2.36. The zero-order valence-electron chi connectivity index (χ0n) is 15.7. The van der Waals surface area contributed by atoms with Crippen molar-refractivity contribution in [1.29, 1.82) is 0 Å². The second kappa shape index (κ2) is 9.52. The van der Waals surface area contributed by atoms with Crippen molar-refractivity contribution in [3.8, 4) is 0 Å². The highest BCUT2D eigenvalue weighted by molar-refractivity contribution is 6.39. The van der Waals surface area contributed by atoms with Crippen molar-refractivity contribution >= 4 is 23.5 Å². The van der Waals surface area contributed by atoms with Gasteiger partial charge in [0.25, 0.3) is 0 Å². The lowest BCUT2D eigenvalue weighted by Gasteiger charge is -2.14. The van der Waals surface area contributed by atoms with Gasteiger partial charge in [0.15, 0.2) is 0 Å². The molecule has 2 N–H and O–H groups in total. The maximum atomic E-state index is 12.1. The van der Waals surface area contributed by atoms with Gasteiger partial charge < -0.3 is 15.4 Å². The Bertz CT molecular complexity index is 798. The van der Waals surface area contributed by atoms with Gasteiger partial charge in [-0.15, -0.1) is 0 Å². The van der Waals surface area contributed by atoms with Gasteiger partial charge in [0.1, 0.15) is 0 Å². The van der Waals surface area contributed by atoms with E-state index in [1.54, 1.807) is 19.1 Å². The Morgan fingerprint density at radius 3 is 2.11 bits per heavy atom. The molecular weight excluding hydrogens is 344 g/mol. The molecule has 6 heteroatoms. The van der Waals surface area contributed by atoms with Crippen molar-refractivity contribution in [3.63, 3.8) is 0 Å². The quantitative estimate of drug-likeness (QED) is 0.605. The maximum Gasteiger partial charge on any atom is 0.338 e. The van der Waals surface area contributed by atoms with Crippen LogP contribution >= 0.6 is 0 Å². The third-order valence-electron chi connectivity index (χ3n) is 4.10. The second-order valence-corrected chi connectivity index (χ2v) is 6.04. The summed E-state index contributed by atoms with van der Waals surface area (Å²) in [5, 5.41) is 5.19. The first kappa shape index (κ1) is 20.2. The summed E-state index contributed by atoms with van der Waals surface area (Å²) < 4.78 is 4.90. The molecule has 1 atom stereocenters. The Labute approximate surface area is 158 Å². The van der Waals surface area contributed by atoms with Crippen molar-refractivity contribution in [2.75, 3.05) is 11.9 Å². The van der Waals surface area contributed by atoms with Crippen LogP contribution in [-0.4, -0.2) is 24.4 Å². The Hall–Kier alpha value is -3.15. The molecular formula is C21H24N2O4. The van der Waals surface area contributed by atoms with Crippen LogP contribution in [0.25, 0.3) is 0 Å². The van der Waals surface area contributed by atoms with Gasteiger partial charge >= 0.3 is 17.8 Å². The standard InChI is InChI=1S/C21H24N2O4/c1-4-15-6-8-16(9-7-15)14(3)22-19(24)20(25)23-18-12-10-17(11-13-18)21(26)27-5-2/h6-14H,4-5H2,1-3H3,(H,22,24)(H,23,25). The van der Waals surface area contributed by atoms with Crippen LogP contribution in [0.5, 0.6) is 0 Å². The zero-order chi connectivity index (χ0) is 19.8. The van der Waals surface area contributed by atoms with E-state index in [0.717, 1.165) is 12.0 Å². The predicted molar refractivity (Wildman–Crippen MR) is 103 cm³/mol. The van der Waals surface area contributed by atoms with Crippen LogP contribution in [0.3, 0.4) is 0 Å². The molecule has 27 heavy (non-hydrogen) atoms. The molecule has 0 bridgehead atoms. The van der Waals surface area contributed by atoms with Crippen LogP contribution in [0, 0.1) is 0 Å². The molecule has 0 spiro atoms. The Balaban J connectivity index is 1.92.